The van der Waals surface area contributed by atoms with Crippen LogP contribution in [0.1, 0.15) is 43.0 Å². The van der Waals surface area contributed by atoms with E-state index in [9.17, 15) is 4.79 Å². The number of Topliss-reactive ketones (excluding diaryl/α,β-unsaturated/α-hetero) is 1. The first-order chi connectivity index (χ1) is 15.1. The molecule has 1 aromatic heterocycles. The highest BCUT2D eigenvalue weighted by Crippen LogP contribution is 2.21. The number of fused-ring (bicyclic) bond motifs is 1. The lowest BCUT2D eigenvalue weighted by molar-refractivity contribution is 0.101. The Morgan fingerprint density at radius 2 is 1.77 bits per heavy atom. The van der Waals surface area contributed by atoms with Crippen LogP contribution in [0, 0.1) is 0 Å². The summed E-state index contributed by atoms with van der Waals surface area (Å²) in [6, 6.07) is 7.10. The lowest BCUT2D eigenvalue weighted by Crippen LogP contribution is -2.47. The molecule has 2 N–H and O–H groups in total. The van der Waals surface area contributed by atoms with Crippen LogP contribution in [0.15, 0.2) is 33.8 Å². The van der Waals surface area contributed by atoms with Crippen LogP contribution < -0.4 is 10.3 Å². The zero-order valence-electron chi connectivity index (χ0n) is 18.3. The van der Waals surface area contributed by atoms with Crippen molar-refractivity contribution in [1.29, 1.82) is 0 Å². The molecule has 3 rings (SSSR count). The lowest BCUT2D eigenvalue weighted by atomic mass is 10.1. The predicted molar refractivity (Wildman–Crippen MR) is 117 cm³/mol. The number of benzene rings is 1. The number of hydrogen-bond donors (Lipinski definition) is 2. The van der Waals surface area contributed by atoms with Crippen LogP contribution in [0.2, 0.25) is 0 Å². The van der Waals surface area contributed by atoms with E-state index in [1.807, 2.05) is 12.1 Å². The molecule has 0 radical (unpaired) electrons. The van der Waals surface area contributed by atoms with Crippen LogP contribution in [0.25, 0.3) is 11.0 Å². The highest BCUT2D eigenvalue weighted by atomic mass is 16.5. The maximum Gasteiger partial charge on any atom is 0.266 e. The van der Waals surface area contributed by atoms with Crippen LogP contribution in [-0.2, 0) is 0 Å². The van der Waals surface area contributed by atoms with Crippen LogP contribution in [0.4, 0.5) is 0 Å². The first-order valence-corrected chi connectivity index (χ1v) is 11.1. The molecule has 8 nitrogen and oxygen atoms in total. The molecule has 1 saturated heterocycles. The second kappa shape index (κ2) is 11.8. The van der Waals surface area contributed by atoms with Gasteiger partial charge in [0.05, 0.1) is 18.8 Å². The molecule has 2 aromatic rings. The van der Waals surface area contributed by atoms with Gasteiger partial charge in [-0.3, -0.25) is 9.69 Å². The summed E-state index contributed by atoms with van der Waals surface area (Å²) in [7, 11) is 0. The summed E-state index contributed by atoms with van der Waals surface area (Å²) in [4.78, 5) is 16.5. The molecule has 0 aliphatic carbocycles. The second-order valence-electron chi connectivity index (χ2n) is 7.99. The molecule has 2 heterocycles. The molecule has 0 amide bonds. The Labute approximate surface area is 182 Å². The summed E-state index contributed by atoms with van der Waals surface area (Å²) >= 11 is 0. The molecular weight excluding hydrogens is 398 g/mol. The number of carbonyl (C=O) groups is 1. The summed E-state index contributed by atoms with van der Waals surface area (Å²) in [5.41, 5.74) is 0.664. The quantitative estimate of drug-likeness (QED) is 0.244. The first kappa shape index (κ1) is 23.2. The minimum Gasteiger partial charge on any atom is -0.493 e. The molecule has 1 fully saturated rings. The van der Waals surface area contributed by atoms with Gasteiger partial charge in [-0.05, 0) is 49.7 Å². The van der Waals surface area contributed by atoms with Gasteiger partial charge in [0.25, 0.3) is 5.55 Å². The molecular formula is C23H33N3O5. The number of ketones is 1. The van der Waals surface area contributed by atoms with Crippen molar-refractivity contribution in [3.8, 4) is 5.75 Å². The number of unbranched alkanes of at least 4 members (excludes halogenated alkanes) is 3. The molecule has 0 spiro atoms. The smallest absolute Gasteiger partial charge is 0.266 e. The van der Waals surface area contributed by atoms with Gasteiger partial charge in [0, 0.05) is 44.2 Å². The van der Waals surface area contributed by atoms with Crippen molar-refractivity contribution in [1.82, 2.24) is 9.80 Å². The largest absolute Gasteiger partial charge is 0.493 e. The summed E-state index contributed by atoms with van der Waals surface area (Å²) in [5.74, 6) is 0.471. The first-order valence-electron chi connectivity index (χ1n) is 11.1. The Hall–Kier alpha value is -2.42. The molecule has 8 heteroatoms. The minimum absolute atomic E-state index is 0.0908. The standard InChI is InChI=1S/C23H33N3O5/c1-18(28)21-16-19-6-7-20(17-22(19)31-23(21)24-29)30-15-5-3-2-4-8-25-9-11-26(12-10-25)13-14-27/h6-7,16-17,27,29H,2-5,8-15H2,1H3. The van der Waals surface area contributed by atoms with E-state index in [0.717, 1.165) is 57.5 Å². The van der Waals surface area contributed by atoms with Crippen LogP contribution in [0.3, 0.4) is 0 Å². The molecule has 170 valence electrons. The van der Waals surface area contributed by atoms with Gasteiger partial charge >= 0.3 is 0 Å². The van der Waals surface area contributed by atoms with Gasteiger partial charge < -0.3 is 24.4 Å². The summed E-state index contributed by atoms with van der Waals surface area (Å²) in [5, 5.41) is 21.9. The predicted octanol–water partition coefficient (Wildman–Crippen LogP) is 2.47. The topological polar surface area (TPSA) is 98.7 Å². The molecule has 0 atom stereocenters. The summed E-state index contributed by atoms with van der Waals surface area (Å²) < 4.78 is 11.4. The van der Waals surface area contributed by atoms with Crippen molar-refractivity contribution >= 4 is 16.8 Å². The monoisotopic (exact) mass is 431 g/mol. The van der Waals surface area contributed by atoms with Crippen molar-refractivity contribution in [3.63, 3.8) is 0 Å². The molecule has 0 saturated carbocycles. The Balaban J connectivity index is 1.36. The third kappa shape index (κ3) is 6.78. The number of hydrogen-bond acceptors (Lipinski definition) is 8. The minimum atomic E-state index is -0.220. The molecule has 0 unspecified atom stereocenters. The Morgan fingerprint density at radius 1 is 1.06 bits per heavy atom. The van der Waals surface area contributed by atoms with E-state index in [2.05, 4.69) is 15.0 Å². The third-order valence-corrected chi connectivity index (χ3v) is 5.71. The van der Waals surface area contributed by atoms with Gasteiger partial charge in [-0.1, -0.05) is 12.8 Å². The maximum atomic E-state index is 11.6. The van der Waals surface area contributed by atoms with Crippen molar-refractivity contribution in [2.75, 3.05) is 52.5 Å². The highest BCUT2D eigenvalue weighted by Gasteiger charge is 2.15. The Kier molecular flexibility index (Phi) is 8.87. The molecule has 1 aliphatic rings. The zero-order chi connectivity index (χ0) is 22.1. The van der Waals surface area contributed by atoms with E-state index >= 15 is 0 Å². The number of aliphatic hydroxyl groups is 1. The van der Waals surface area contributed by atoms with E-state index in [1.54, 1.807) is 12.1 Å². The number of piperazine rings is 1. The van der Waals surface area contributed by atoms with E-state index in [1.165, 1.54) is 19.8 Å². The molecule has 1 aliphatic heterocycles. The van der Waals surface area contributed by atoms with Crippen LogP contribution in [0.5, 0.6) is 5.75 Å². The molecule has 1 aromatic carbocycles. The number of ether oxygens (including phenoxy) is 1. The average molecular weight is 432 g/mol. The van der Waals surface area contributed by atoms with Crippen molar-refractivity contribution < 1.29 is 24.3 Å². The highest BCUT2D eigenvalue weighted by molar-refractivity contribution is 5.96. The van der Waals surface area contributed by atoms with Crippen LogP contribution in [-0.4, -0.2) is 78.4 Å². The van der Waals surface area contributed by atoms with Gasteiger partial charge in [0.15, 0.2) is 5.78 Å². The fraction of sp³-hybridized carbons (Fsp3) is 0.565. The molecule has 0 bridgehead atoms. The van der Waals surface area contributed by atoms with E-state index in [4.69, 9.17) is 19.5 Å². The third-order valence-electron chi connectivity index (χ3n) is 5.71. The second-order valence-corrected chi connectivity index (χ2v) is 7.99. The van der Waals surface area contributed by atoms with Crippen molar-refractivity contribution in [3.05, 3.63) is 35.4 Å². The maximum absolute atomic E-state index is 11.6. The van der Waals surface area contributed by atoms with Crippen molar-refractivity contribution in [2.45, 2.75) is 32.6 Å². The number of aliphatic hydroxyl groups excluding tert-OH is 1. The number of nitrogens with zero attached hydrogens (tertiary/aromatic N) is 3. The lowest BCUT2D eigenvalue weighted by Gasteiger charge is -2.34. The zero-order valence-corrected chi connectivity index (χ0v) is 18.3. The normalized spacial score (nSPS) is 16.1. The summed E-state index contributed by atoms with van der Waals surface area (Å²) in [6.07, 6.45) is 4.49. The Bertz CT molecular complexity index is 919. The van der Waals surface area contributed by atoms with Gasteiger partial charge in [-0.2, -0.15) is 0 Å². The van der Waals surface area contributed by atoms with E-state index in [-0.39, 0.29) is 23.5 Å². The number of β-amino-alcohol motifs (C(OH)–C–C–N with tert-alkyl or cyclic N) is 1. The Morgan fingerprint density at radius 3 is 2.45 bits per heavy atom. The molecule has 31 heavy (non-hydrogen) atoms. The fourth-order valence-electron chi connectivity index (χ4n) is 3.87. The number of rotatable bonds is 11. The van der Waals surface area contributed by atoms with Gasteiger partial charge in [-0.15, -0.1) is 0 Å². The summed E-state index contributed by atoms with van der Waals surface area (Å²) in [6.45, 7) is 8.50. The SMILES string of the molecule is CC(=O)c1cc2ccc(OCCCCCCN3CCN(CCO)CC3)cc2oc1=NO. The van der Waals surface area contributed by atoms with Crippen molar-refractivity contribution in [2.24, 2.45) is 5.16 Å². The van der Waals surface area contributed by atoms with Gasteiger partial charge in [-0.25, -0.2) is 0 Å². The van der Waals surface area contributed by atoms with Gasteiger partial charge in [0.2, 0.25) is 0 Å². The number of carbonyl (C=O) groups excluding carboxylic acids is 1. The average Bonchev–Trinajstić information content (AvgIpc) is 2.78. The van der Waals surface area contributed by atoms with E-state index < -0.39 is 0 Å². The van der Waals surface area contributed by atoms with Gasteiger partial charge in [0.1, 0.15) is 11.3 Å². The fourth-order valence-corrected chi connectivity index (χ4v) is 3.87. The van der Waals surface area contributed by atoms with E-state index in [0.29, 0.717) is 17.9 Å². The van der Waals surface area contributed by atoms with Crippen LogP contribution >= 0.6 is 0 Å².